The fourth-order valence-electron chi connectivity index (χ4n) is 2.31. The topological polar surface area (TPSA) is 28.2 Å². The number of hydrogen-bond donors (Lipinski definition) is 1. The molecule has 0 saturated heterocycles. The Kier molecular flexibility index (Phi) is 6.75. The predicted molar refractivity (Wildman–Crippen MR) is 89.5 cm³/mol. The van der Waals surface area contributed by atoms with Crippen molar-refractivity contribution in [2.24, 2.45) is 0 Å². The molecule has 21 heavy (non-hydrogen) atoms. The third kappa shape index (κ3) is 5.56. The average molecular weight is 283 g/mol. The maximum atomic E-state index is 4.14. The number of aromatic nitrogens is 1. The van der Waals surface area contributed by atoms with E-state index in [4.69, 9.17) is 0 Å². The van der Waals surface area contributed by atoms with Crippen LogP contribution in [0.15, 0.2) is 54.9 Å². The van der Waals surface area contributed by atoms with Gasteiger partial charge in [-0.15, -0.1) is 0 Å². The van der Waals surface area contributed by atoms with Crippen molar-refractivity contribution in [2.75, 3.05) is 24.5 Å². The van der Waals surface area contributed by atoms with E-state index in [0.717, 1.165) is 26.2 Å². The standard InChI is InChI=1S/C18H25N3/c1-2-3-13-21(18-9-5-4-6-10-18)14-12-20-16-17-8-7-11-19-15-17/h4-11,15,20H,2-3,12-14,16H2,1H3. The van der Waals surface area contributed by atoms with Crippen molar-refractivity contribution >= 4 is 5.69 Å². The van der Waals surface area contributed by atoms with Crippen LogP contribution in [0.5, 0.6) is 0 Å². The highest BCUT2D eigenvalue weighted by molar-refractivity contribution is 5.45. The fraction of sp³-hybridized carbons (Fsp3) is 0.389. The fourth-order valence-corrected chi connectivity index (χ4v) is 2.31. The molecule has 0 fully saturated rings. The van der Waals surface area contributed by atoms with Crippen molar-refractivity contribution < 1.29 is 0 Å². The zero-order valence-corrected chi connectivity index (χ0v) is 12.8. The van der Waals surface area contributed by atoms with E-state index < -0.39 is 0 Å². The molecular formula is C18H25N3. The Labute approximate surface area is 128 Å². The SMILES string of the molecule is CCCCN(CCNCc1cccnc1)c1ccccc1. The Morgan fingerprint density at radius 2 is 1.90 bits per heavy atom. The Morgan fingerprint density at radius 1 is 1.05 bits per heavy atom. The highest BCUT2D eigenvalue weighted by Crippen LogP contribution is 2.13. The Bertz CT molecular complexity index is 484. The van der Waals surface area contributed by atoms with Gasteiger partial charge in [0.1, 0.15) is 0 Å². The molecule has 1 aromatic heterocycles. The van der Waals surface area contributed by atoms with E-state index in [1.165, 1.54) is 24.1 Å². The quantitative estimate of drug-likeness (QED) is 0.714. The van der Waals surface area contributed by atoms with E-state index in [0.29, 0.717) is 0 Å². The number of unbranched alkanes of at least 4 members (excludes halogenated alkanes) is 1. The van der Waals surface area contributed by atoms with E-state index in [1.54, 1.807) is 0 Å². The number of para-hydroxylation sites is 1. The largest absolute Gasteiger partial charge is 0.370 e. The van der Waals surface area contributed by atoms with Crippen LogP contribution in [0.2, 0.25) is 0 Å². The molecule has 0 unspecified atom stereocenters. The van der Waals surface area contributed by atoms with Crippen molar-refractivity contribution in [1.82, 2.24) is 10.3 Å². The number of anilines is 1. The Hall–Kier alpha value is -1.87. The summed E-state index contributed by atoms with van der Waals surface area (Å²) >= 11 is 0. The van der Waals surface area contributed by atoms with Gasteiger partial charge < -0.3 is 10.2 Å². The number of benzene rings is 1. The lowest BCUT2D eigenvalue weighted by atomic mass is 10.2. The molecule has 3 nitrogen and oxygen atoms in total. The van der Waals surface area contributed by atoms with Gasteiger partial charge in [-0.2, -0.15) is 0 Å². The van der Waals surface area contributed by atoms with E-state index in [-0.39, 0.29) is 0 Å². The number of hydrogen-bond acceptors (Lipinski definition) is 3. The lowest BCUT2D eigenvalue weighted by Gasteiger charge is -2.25. The second kappa shape index (κ2) is 9.14. The zero-order chi connectivity index (χ0) is 14.8. The van der Waals surface area contributed by atoms with E-state index in [1.807, 2.05) is 18.5 Å². The zero-order valence-electron chi connectivity index (χ0n) is 12.8. The molecule has 3 heteroatoms. The van der Waals surface area contributed by atoms with Crippen molar-refractivity contribution in [3.63, 3.8) is 0 Å². The molecule has 112 valence electrons. The molecule has 0 bridgehead atoms. The molecule has 2 rings (SSSR count). The maximum absolute atomic E-state index is 4.14. The summed E-state index contributed by atoms with van der Waals surface area (Å²) in [5.41, 5.74) is 2.55. The number of rotatable bonds is 9. The monoisotopic (exact) mass is 283 g/mol. The molecule has 0 amide bonds. The molecule has 1 N–H and O–H groups in total. The minimum atomic E-state index is 0.879. The molecule has 1 heterocycles. The van der Waals surface area contributed by atoms with Crippen molar-refractivity contribution in [3.8, 4) is 0 Å². The molecule has 2 aromatic rings. The van der Waals surface area contributed by atoms with Gasteiger partial charge in [0.25, 0.3) is 0 Å². The van der Waals surface area contributed by atoms with Gasteiger partial charge in [0.2, 0.25) is 0 Å². The third-order valence-corrected chi connectivity index (χ3v) is 3.51. The minimum absolute atomic E-state index is 0.879. The van der Waals surface area contributed by atoms with Crippen LogP contribution in [0.4, 0.5) is 5.69 Å². The Balaban J connectivity index is 1.79. The number of pyridine rings is 1. The molecule has 0 atom stereocenters. The summed E-state index contributed by atoms with van der Waals surface area (Å²) in [6.45, 7) is 6.25. The van der Waals surface area contributed by atoms with Gasteiger partial charge in [-0.1, -0.05) is 37.6 Å². The summed E-state index contributed by atoms with van der Waals surface area (Å²) in [6.07, 6.45) is 6.19. The van der Waals surface area contributed by atoms with Crippen LogP contribution in [0.1, 0.15) is 25.3 Å². The van der Waals surface area contributed by atoms with Crippen molar-refractivity contribution in [2.45, 2.75) is 26.3 Å². The van der Waals surface area contributed by atoms with Crippen molar-refractivity contribution in [1.29, 1.82) is 0 Å². The second-order valence-electron chi connectivity index (χ2n) is 5.21. The summed E-state index contributed by atoms with van der Waals surface area (Å²) < 4.78 is 0. The minimum Gasteiger partial charge on any atom is -0.370 e. The predicted octanol–water partition coefficient (Wildman–Crippen LogP) is 3.48. The first kappa shape index (κ1) is 15.5. The molecular weight excluding hydrogens is 258 g/mol. The molecule has 0 saturated carbocycles. The van der Waals surface area contributed by atoms with Crippen LogP contribution in [0, 0.1) is 0 Å². The normalized spacial score (nSPS) is 10.5. The van der Waals surface area contributed by atoms with Crippen LogP contribution < -0.4 is 10.2 Å². The van der Waals surface area contributed by atoms with E-state index in [9.17, 15) is 0 Å². The van der Waals surface area contributed by atoms with Crippen molar-refractivity contribution in [3.05, 3.63) is 60.4 Å². The lowest BCUT2D eigenvalue weighted by molar-refractivity contribution is 0.642. The highest BCUT2D eigenvalue weighted by Gasteiger charge is 2.04. The van der Waals surface area contributed by atoms with Gasteiger partial charge in [0.15, 0.2) is 0 Å². The van der Waals surface area contributed by atoms with Crippen LogP contribution in [-0.2, 0) is 6.54 Å². The van der Waals surface area contributed by atoms with E-state index in [2.05, 4.69) is 58.5 Å². The van der Waals surface area contributed by atoms with Crippen LogP contribution in [0.3, 0.4) is 0 Å². The van der Waals surface area contributed by atoms with Gasteiger partial charge in [-0.3, -0.25) is 4.98 Å². The molecule has 0 aliphatic rings. The summed E-state index contributed by atoms with van der Waals surface area (Å²) in [7, 11) is 0. The molecule has 0 radical (unpaired) electrons. The smallest absolute Gasteiger partial charge is 0.0366 e. The van der Waals surface area contributed by atoms with Gasteiger partial charge in [0, 0.05) is 44.3 Å². The summed E-state index contributed by atoms with van der Waals surface area (Å²) in [6, 6.07) is 14.8. The first-order valence-corrected chi connectivity index (χ1v) is 7.79. The van der Waals surface area contributed by atoms with E-state index >= 15 is 0 Å². The lowest BCUT2D eigenvalue weighted by Crippen LogP contribution is -2.32. The van der Waals surface area contributed by atoms with Crippen LogP contribution >= 0.6 is 0 Å². The molecule has 0 aliphatic carbocycles. The summed E-state index contributed by atoms with van der Waals surface area (Å²) in [4.78, 5) is 6.59. The van der Waals surface area contributed by atoms with Gasteiger partial charge in [-0.05, 0) is 30.2 Å². The van der Waals surface area contributed by atoms with Gasteiger partial charge in [-0.25, -0.2) is 0 Å². The number of nitrogens with zero attached hydrogens (tertiary/aromatic N) is 2. The average Bonchev–Trinajstić information content (AvgIpc) is 2.56. The van der Waals surface area contributed by atoms with Crippen LogP contribution in [0.25, 0.3) is 0 Å². The number of nitrogens with one attached hydrogen (secondary N) is 1. The molecule has 0 aliphatic heterocycles. The maximum Gasteiger partial charge on any atom is 0.0366 e. The van der Waals surface area contributed by atoms with Crippen LogP contribution in [-0.4, -0.2) is 24.6 Å². The second-order valence-corrected chi connectivity index (χ2v) is 5.21. The van der Waals surface area contributed by atoms with Gasteiger partial charge in [0.05, 0.1) is 0 Å². The summed E-state index contributed by atoms with van der Waals surface area (Å²) in [5.74, 6) is 0. The molecule has 0 spiro atoms. The third-order valence-electron chi connectivity index (χ3n) is 3.51. The first-order valence-electron chi connectivity index (χ1n) is 7.79. The highest BCUT2D eigenvalue weighted by atomic mass is 15.1. The molecule has 1 aromatic carbocycles. The summed E-state index contributed by atoms with van der Waals surface area (Å²) in [5, 5.41) is 3.50. The first-order chi connectivity index (χ1) is 10.4. The Morgan fingerprint density at radius 3 is 2.62 bits per heavy atom. The van der Waals surface area contributed by atoms with Gasteiger partial charge >= 0.3 is 0 Å².